The Morgan fingerprint density at radius 1 is 1.42 bits per heavy atom. The van der Waals surface area contributed by atoms with Gasteiger partial charge in [-0.1, -0.05) is 30.3 Å². The Kier molecular flexibility index (Phi) is 5.12. The molecule has 6 heteroatoms. The maximum Gasteiger partial charge on any atom is 0.407 e. The van der Waals surface area contributed by atoms with Crippen LogP contribution in [0.15, 0.2) is 36.5 Å². The molecule has 1 heterocycles. The number of benzene rings is 1. The summed E-state index contributed by atoms with van der Waals surface area (Å²) in [6, 6.07) is 11.7. The van der Waals surface area contributed by atoms with Crippen LogP contribution in [-0.2, 0) is 24.3 Å². The summed E-state index contributed by atoms with van der Waals surface area (Å²) >= 11 is 0. The third kappa shape index (κ3) is 3.74. The molecule has 0 aliphatic heterocycles. The van der Waals surface area contributed by atoms with Crippen molar-refractivity contribution in [2.75, 3.05) is 0 Å². The topological polar surface area (TPSA) is 79.9 Å². The lowest BCUT2D eigenvalue weighted by Gasteiger charge is -2.23. The van der Waals surface area contributed by atoms with Gasteiger partial charge in [0.25, 0.3) is 0 Å². The van der Waals surface area contributed by atoms with E-state index in [4.69, 9.17) is 10.00 Å². The molecule has 1 amide bonds. The molecule has 0 saturated carbocycles. The van der Waals surface area contributed by atoms with E-state index in [1.165, 1.54) is 0 Å². The van der Waals surface area contributed by atoms with Crippen LogP contribution in [0, 0.1) is 11.3 Å². The molecule has 24 heavy (non-hydrogen) atoms. The summed E-state index contributed by atoms with van der Waals surface area (Å²) in [5.41, 5.74) is 3.11. The van der Waals surface area contributed by atoms with Gasteiger partial charge in [0, 0.05) is 11.3 Å². The fourth-order valence-electron chi connectivity index (χ4n) is 3.02. The highest BCUT2D eigenvalue weighted by Crippen LogP contribution is 2.29. The summed E-state index contributed by atoms with van der Waals surface area (Å²) in [6.45, 7) is 0.852. The van der Waals surface area contributed by atoms with Crippen molar-refractivity contribution in [1.29, 1.82) is 5.26 Å². The van der Waals surface area contributed by atoms with Crippen LogP contribution in [0.5, 0.6) is 0 Å². The third-order valence-electron chi connectivity index (χ3n) is 4.20. The first-order valence-corrected chi connectivity index (χ1v) is 8.16. The second kappa shape index (κ2) is 7.64. The molecule has 1 aromatic heterocycles. The van der Waals surface area contributed by atoms with E-state index in [1.807, 2.05) is 35.0 Å². The lowest BCUT2D eigenvalue weighted by Crippen LogP contribution is -2.31. The molecule has 1 aliphatic carbocycles. The van der Waals surface area contributed by atoms with Crippen LogP contribution in [0.1, 0.15) is 42.1 Å². The second-order valence-electron chi connectivity index (χ2n) is 5.83. The smallest absolute Gasteiger partial charge is 0.407 e. The van der Waals surface area contributed by atoms with E-state index in [1.54, 1.807) is 6.20 Å². The van der Waals surface area contributed by atoms with Crippen LogP contribution in [0.2, 0.25) is 0 Å². The summed E-state index contributed by atoms with van der Waals surface area (Å²) in [6.07, 6.45) is 4.60. The van der Waals surface area contributed by atoms with Crippen molar-refractivity contribution in [3.63, 3.8) is 0 Å². The number of aromatic nitrogens is 2. The first kappa shape index (κ1) is 16.1. The SMILES string of the molecule is N#CCCn1ncc2c1CCC[C@H]2NC(=O)OCc1ccccc1. The van der Waals surface area contributed by atoms with E-state index in [9.17, 15) is 4.79 Å². The number of carbonyl (C=O) groups is 1. The van der Waals surface area contributed by atoms with Crippen molar-refractivity contribution in [2.45, 2.75) is 44.9 Å². The zero-order valence-electron chi connectivity index (χ0n) is 13.4. The molecule has 6 nitrogen and oxygen atoms in total. The first-order chi connectivity index (χ1) is 11.8. The summed E-state index contributed by atoms with van der Waals surface area (Å²) in [7, 11) is 0. The van der Waals surface area contributed by atoms with Crippen LogP contribution in [0.4, 0.5) is 4.79 Å². The summed E-state index contributed by atoms with van der Waals surface area (Å²) < 4.78 is 7.17. The summed E-state index contributed by atoms with van der Waals surface area (Å²) in [5.74, 6) is 0. The molecule has 0 bridgehead atoms. The maximum absolute atomic E-state index is 12.1. The number of nitriles is 1. The Bertz CT molecular complexity index is 733. The molecule has 1 aromatic carbocycles. The number of hydrogen-bond acceptors (Lipinski definition) is 4. The average molecular weight is 324 g/mol. The Morgan fingerprint density at radius 2 is 2.25 bits per heavy atom. The molecular formula is C18H20N4O2. The Balaban J connectivity index is 1.59. The molecule has 0 radical (unpaired) electrons. The predicted molar refractivity (Wildman–Crippen MR) is 87.9 cm³/mol. The van der Waals surface area contributed by atoms with Crippen molar-refractivity contribution in [3.05, 3.63) is 53.3 Å². The highest BCUT2D eigenvalue weighted by Gasteiger charge is 2.25. The summed E-state index contributed by atoms with van der Waals surface area (Å²) in [5, 5.41) is 16.0. The maximum atomic E-state index is 12.1. The normalized spacial score (nSPS) is 16.0. The van der Waals surface area contributed by atoms with E-state index in [-0.39, 0.29) is 12.6 Å². The van der Waals surface area contributed by atoms with E-state index in [0.29, 0.717) is 13.0 Å². The van der Waals surface area contributed by atoms with Crippen molar-refractivity contribution >= 4 is 6.09 Å². The van der Waals surface area contributed by atoms with Gasteiger partial charge in [0.2, 0.25) is 0 Å². The quantitative estimate of drug-likeness (QED) is 0.916. The van der Waals surface area contributed by atoms with Crippen molar-refractivity contribution in [1.82, 2.24) is 15.1 Å². The Labute approximate surface area is 141 Å². The molecule has 3 rings (SSSR count). The van der Waals surface area contributed by atoms with E-state index in [2.05, 4.69) is 16.5 Å². The minimum absolute atomic E-state index is 0.0761. The molecule has 1 atom stereocenters. The minimum atomic E-state index is -0.415. The fourth-order valence-corrected chi connectivity index (χ4v) is 3.02. The highest BCUT2D eigenvalue weighted by molar-refractivity contribution is 5.68. The number of rotatable bonds is 5. The van der Waals surface area contributed by atoms with Gasteiger partial charge in [-0.2, -0.15) is 10.4 Å². The van der Waals surface area contributed by atoms with Gasteiger partial charge in [0.1, 0.15) is 6.61 Å². The number of hydrogen-bond donors (Lipinski definition) is 1. The zero-order chi connectivity index (χ0) is 16.8. The Hall–Kier alpha value is -2.81. The van der Waals surface area contributed by atoms with Gasteiger partial charge in [-0.25, -0.2) is 4.79 Å². The zero-order valence-corrected chi connectivity index (χ0v) is 13.4. The van der Waals surface area contributed by atoms with E-state index >= 15 is 0 Å². The third-order valence-corrected chi connectivity index (χ3v) is 4.20. The van der Waals surface area contributed by atoms with Crippen molar-refractivity contribution in [2.24, 2.45) is 0 Å². The molecule has 0 unspecified atom stereocenters. The molecule has 0 saturated heterocycles. The van der Waals surface area contributed by atoms with Crippen LogP contribution in [-0.4, -0.2) is 15.9 Å². The first-order valence-electron chi connectivity index (χ1n) is 8.16. The van der Waals surface area contributed by atoms with Gasteiger partial charge in [-0.15, -0.1) is 0 Å². The van der Waals surface area contributed by atoms with Gasteiger partial charge in [0.05, 0.1) is 31.3 Å². The number of nitrogens with zero attached hydrogens (tertiary/aromatic N) is 3. The van der Waals surface area contributed by atoms with Gasteiger partial charge in [-0.3, -0.25) is 4.68 Å². The number of alkyl carbamates (subject to hydrolysis) is 1. The number of aryl methyl sites for hydroxylation is 1. The number of nitrogens with one attached hydrogen (secondary N) is 1. The predicted octanol–water partition coefficient (Wildman–Crippen LogP) is 3.10. The molecule has 1 N–H and O–H groups in total. The number of amides is 1. The largest absolute Gasteiger partial charge is 0.445 e. The van der Waals surface area contributed by atoms with Gasteiger partial charge in [0.15, 0.2) is 0 Å². The van der Waals surface area contributed by atoms with Gasteiger partial charge >= 0.3 is 6.09 Å². The molecule has 1 aliphatic rings. The molecule has 0 fully saturated rings. The molecule has 0 spiro atoms. The average Bonchev–Trinajstić information content (AvgIpc) is 3.03. The second-order valence-corrected chi connectivity index (χ2v) is 5.83. The number of ether oxygens (including phenoxy) is 1. The highest BCUT2D eigenvalue weighted by atomic mass is 16.5. The fraction of sp³-hybridized carbons (Fsp3) is 0.389. The van der Waals surface area contributed by atoms with Crippen molar-refractivity contribution in [3.8, 4) is 6.07 Å². The van der Waals surface area contributed by atoms with E-state index in [0.717, 1.165) is 36.1 Å². The monoisotopic (exact) mass is 324 g/mol. The number of carbonyl (C=O) groups excluding carboxylic acids is 1. The van der Waals surface area contributed by atoms with Gasteiger partial charge in [-0.05, 0) is 24.8 Å². The lowest BCUT2D eigenvalue weighted by molar-refractivity contribution is 0.134. The molecule has 2 aromatic rings. The minimum Gasteiger partial charge on any atom is -0.445 e. The van der Waals surface area contributed by atoms with Gasteiger partial charge < -0.3 is 10.1 Å². The Morgan fingerprint density at radius 3 is 3.04 bits per heavy atom. The summed E-state index contributed by atoms with van der Waals surface area (Å²) in [4.78, 5) is 12.1. The number of fused-ring (bicyclic) bond motifs is 1. The van der Waals surface area contributed by atoms with Crippen molar-refractivity contribution < 1.29 is 9.53 Å². The van der Waals surface area contributed by atoms with Crippen LogP contribution in [0.25, 0.3) is 0 Å². The van der Waals surface area contributed by atoms with Crippen LogP contribution >= 0.6 is 0 Å². The molecular weight excluding hydrogens is 304 g/mol. The standard InChI is InChI=1S/C18H20N4O2/c19-10-5-11-22-17-9-4-8-16(15(17)12-20-22)21-18(23)24-13-14-6-2-1-3-7-14/h1-3,6-7,12,16H,4-5,8-9,11,13H2,(H,21,23)/t16-/m1/s1. The van der Waals surface area contributed by atoms with Crippen LogP contribution < -0.4 is 5.32 Å². The van der Waals surface area contributed by atoms with Crippen LogP contribution in [0.3, 0.4) is 0 Å². The van der Waals surface area contributed by atoms with E-state index < -0.39 is 6.09 Å². The lowest BCUT2D eigenvalue weighted by atomic mass is 9.93. The molecule has 124 valence electrons.